The summed E-state index contributed by atoms with van der Waals surface area (Å²) < 4.78 is 4.35. The standard InChI is InChI=1S/C15H21BrN6O2/c1-5-21-8-12(6-17-21)15(24)19-18-14(23)9(2)7-22-11(4)13(16)10(3)20-22/h6,8-9H,5,7H2,1-4H3,(H,18,23)(H,19,24)/t9-/m1/s1. The number of halogens is 1. The molecule has 0 spiro atoms. The molecule has 0 aromatic carbocycles. The van der Waals surface area contributed by atoms with Crippen molar-refractivity contribution in [1.29, 1.82) is 0 Å². The molecule has 24 heavy (non-hydrogen) atoms. The molecule has 2 N–H and O–H groups in total. The minimum absolute atomic E-state index is 0.282. The van der Waals surface area contributed by atoms with Crippen LogP contribution in [0.25, 0.3) is 0 Å². The number of amides is 2. The molecule has 0 fully saturated rings. The lowest BCUT2D eigenvalue weighted by Crippen LogP contribution is -2.44. The van der Waals surface area contributed by atoms with Crippen LogP contribution in [0.1, 0.15) is 35.6 Å². The molecular weight excluding hydrogens is 376 g/mol. The Hall–Kier alpha value is -2.16. The summed E-state index contributed by atoms with van der Waals surface area (Å²) in [5.41, 5.74) is 7.08. The predicted molar refractivity (Wildman–Crippen MR) is 92.1 cm³/mol. The molecule has 8 nitrogen and oxygen atoms in total. The van der Waals surface area contributed by atoms with Crippen LogP contribution in [-0.4, -0.2) is 31.4 Å². The Morgan fingerprint density at radius 2 is 2.04 bits per heavy atom. The van der Waals surface area contributed by atoms with E-state index in [9.17, 15) is 9.59 Å². The first-order valence-electron chi connectivity index (χ1n) is 7.65. The number of rotatable bonds is 5. The molecule has 0 aliphatic heterocycles. The van der Waals surface area contributed by atoms with Gasteiger partial charge >= 0.3 is 0 Å². The topological polar surface area (TPSA) is 93.8 Å². The highest BCUT2D eigenvalue weighted by Gasteiger charge is 2.18. The molecule has 9 heteroatoms. The number of carbonyl (C=O) groups excluding carboxylic acids is 2. The first kappa shape index (κ1) is 18.2. The summed E-state index contributed by atoms with van der Waals surface area (Å²) in [6.45, 7) is 8.63. The molecule has 2 aromatic heterocycles. The summed E-state index contributed by atoms with van der Waals surface area (Å²) >= 11 is 3.46. The van der Waals surface area contributed by atoms with Gasteiger partial charge in [-0.1, -0.05) is 6.92 Å². The second kappa shape index (κ2) is 7.61. The van der Waals surface area contributed by atoms with E-state index in [1.54, 1.807) is 22.5 Å². The normalized spacial score (nSPS) is 12.0. The van der Waals surface area contributed by atoms with Gasteiger partial charge in [0.2, 0.25) is 5.91 Å². The number of nitrogens with zero attached hydrogens (tertiary/aromatic N) is 4. The Morgan fingerprint density at radius 3 is 2.58 bits per heavy atom. The highest BCUT2D eigenvalue weighted by molar-refractivity contribution is 9.10. The molecule has 0 saturated heterocycles. The molecule has 0 bridgehead atoms. The van der Waals surface area contributed by atoms with Crippen LogP contribution in [0, 0.1) is 19.8 Å². The van der Waals surface area contributed by atoms with Crippen molar-refractivity contribution >= 4 is 27.7 Å². The Labute approximate surface area is 148 Å². The van der Waals surface area contributed by atoms with Gasteiger partial charge in [0.05, 0.1) is 34.4 Å². The van der Waals surface area contributed by atoms with Crippen LogP contribution in [0.3, 0.4) is 0 Å². The van der Waals surface area contributed by atoms with E-state index < -0.39 is 5.91 Å². The quantitative estimate of drug-likeness (QED) is 0.750. The van der Waals surface area contributed by atoms with E-state index >= 15 is 0 Å². The van der Waals surface area contributed by atoms with E-state index in [1.807, 2.05) is 20.8 Å². The molecule has 0 radical (unpaired) electrons. The lowest BCUT2D eigenvalue weighted by molar-refractivity contribution is -0.125. The lowest BCUT2D eigenvalue weighted by Gasteiger charge is -2.13. The van der Waals surface area contributed by atoms with Crippen molar-refractivity contribution in [3.05, 3.63) is 33.8 Å². The summed E-state index contributed by atoms with van der Waals surface area (Å²) in [5, 5.41) is 8.40. The minimum Gasteiger partial charge on any atom is -0.273 e. The number of carbonyl (C=O) groups is 2. The Balaban J connectivity index is 1.89. The number of hydrogen-bond acceptors (Lipinski definition) is 4. The van der Waals surface area contributed by atoms with Gasteiger partial charge in [-0.2, -0.15) is 10.2 Å². The maximum atomic E-state index is 12.1. The van der Waals surface area contributed by atoms with Gasteiger partial charge in [0.15, 0.2) is 0 Å². The van der Waals surface area contributed by atoms with Crippen molar-refractivity contribution in [1.82, 2.24) is 30.4 Å². The van der Waals surface area contributed by atoms with Crippen molar-refractivity contribution in [3.63, 3.8) is 0 Å². The maximum absolute atomic E-state index is 12.1. The third-order valence-corrected chi connectivity index (χ3v) is 4.85. The highest BCUT2D eigenvalue weighted by Crippen LogP contribution is 2.20. The van der Waals surface area contributed by atoms with Crippen LogP contribution in [0.15, 0.2) is 16.9 Å². The molecular formula is C15H21BrN6O2. The van der Waals surface area contributed by atoms with Gasteiger partial charge in [-0.15, -0.1) is 0 Å². The Kier molecular flexibility index (Phi) is 5.76. The molecule has 1 atom stereocenters. The second-order valence-electron chi connectivity index (χ2n) is 5.60. The molecule has 0 unspecified atom stereocenters. The van der Waals surface area contributed by atoms with Crippen molar-refractivity contribution in [2.75, 3.05) is 0 Å². The molecule has 0 aliphatic rings. The largest absolute Gasteiger partial charge is 0.273 e. The summed E-state index contributed by atoms with van der Waals surface area (Å²) in [6, 6.07) is 0. The lowest BCUT2D eigenvalue weighted by atomic mass is 10.1. The predicted octanol–water partition coefficient (Wildman–Crippen LogP) is 1.58. The molecule has 0 saturated carbocycles. The summed E-state index contributed by atoms with van der Waals surface area (Å²) in [6.07, 6.45) is 3.08. The minimum atomic E-state index is -0.399. The average molecular weight is 397 g/mol. The third kappa shape index (κ3) is 4.02. The summed E-state index contributed by atoms with van der Waals surface area (Å²) in [7, 11) is 0. The van der Waals surface area contributed by atoms with Crippen LogP contribution < -0.4 is 10.9 Å². The summed E-state index contributed by atoms with van der Waals surface area (Å²) in [4.78, 5) is 24.1. The van der Waals surface area contributed by atoms with Crippen LogP contribution in [0.4, 0.5) is 0 Å². The number of hydrazine groups is 1. The number of aryl methyl sites for hydroxylation is 2. The number of aromatic nitrogens is 4. The first-order chi connectivity index (χ1) is 11.3. The van der Waals surface area contributed by atoms with Crippen LogP contribution in [0.5, 0.6) is 0 Å². The zero-order valence-electron chi connectivity index (χ0n) is 14.1. The molecule has 130 valence electrons. The fraction of sp³-hybridized carbons (Fsp3) is 0.467. The van der Waals surface area contributed by atoms with Gasteiger partial charge in [0.1, 0.15) is 0 Å². The van der Waals surface area contributed by atoms with E-state index in [0.29, 0.717) is 18.7 Å². The van der Waals surface area contributed by atoms with Crippen molar-refractivity contribution < 1.29 is 9.59 Å². The molecule has 2 amide bonds. The zero-order valence-corrected chi connectivity index (χ0v) is 15.7. The maximum Gasteiger partial charge on any atom is 0.272 e. The van der Waals surface area contributed by atoms with Crippen molar-refractivity contribution in [2.24, 2.45) is 5.92 Å². The van der Waals surface area contributed by atoms with E-state index in [1.165, 1.54) is 6.20 Å². The van der Waals surface area contributed by atoms with E-state index in [2.05, 4.69) is 37.0 Å². The molecule has 0 aliphatic carbocycles. The molecule has 2 rings (SSSR count). The van der Waals surface area contributed by atoms with E-state index in [-0.39, 0.29) is 11.8 Å². The third-order valence-electron chi connectivity index (χ3n) is 3.71. The van der Waals surface area contributed by atoms with Crippen molar-refractivity contribution in [2.45, 2.75) is 40.8 Å². The van der Waals surface area contributed by atoms with Crippen LogP contribution in [0.2, 0.25) is 0 Å². The van der Waals surface area contributed by atoms with Crippen molar-refractivity contribution in [3.8, 4) is 0 Å². The fourth-order valence-electron chi connectivity index (χ4n) is 2.16. The van der Waals surface area contributed by atoms with Gasteiger partial charge < -0.3 is 0 Å². The average Bonchev–Trinajstić information content (AvgIpc) is 3.14. The van der Waals surface area contributed by atoms with Gasteiger partial charge in [-0.05, 0) is 36.7 Å². The highest BCUT2D eigenvalue weighted by atomic mass is 79.9. The number of hydrogen-bond donors (Lipinski definition) is 2. The second-order valence-corrected chi connectivity index (χ2v) is 6.39. The first-order valence-corrected chi connectivity index (χ1v) is 8.45. The van der Waals surface area contributed by atoms with Crippen LogP contribution in [-0.2, 0) is 17.9 Å². The zero-order chi connectivity index (χ0) is 17.9. The SMILES string of the molecule is CCn1cc(C(=O)NNC(=O)[C@H](C)Cn2nc(C)c(Br)c2C)cn1. The molecule has 2 aromatic rings. The van der Waals surface area contributed by atoms with Gasteiger partial charge in [-0.25, -0.2) is 0 Å². The smallest absolute Gasteiger partial charge is 0.272 e. The summed E-state index contributed by atoms with van der Waals surface area (Å²) in [5.74, 6) is -1.03. The van der Waals surface area contributed by atoms with Gasteiger partial charge in [0.25, 0.3) is 5.91 Å². The monoisotopic (exact) mass is 396 g/mol. The number of nitrogens with one attached hydrogen (secondary N) is 2. The van der Waals surface area contributed by atoms with Gasteiger partial charge in [-0.3, -0.25) is 29.8 Å². The van der Waals surface area contributed by atoms with E-state index in [0.717, 1.165) is 15.9 Å². The van der Waals surface area contributed by atoms with Crippen LogP contribution >= 0.6 is 15.9 Å². The Bertz CT molecular complexity index is 751. The van der Waals surface area contributed by atoms with E-state index in [4.69, 9.17) is 0 Å². The molecule has 2 heterocycles. The fourth-order valence-corrected chi connectivity index (χ4v) is 2.45. The van der Waals surface area contributed by atoms with Gasteiger partial charge in [0, 0.05) is 18.4 Å². The Morgan fingerprint density at radius 1 is 1.33 bits per heavy atom.